The zero-order valence-electron chi connectivity index (χ0n) is 14.2. The van der Waals surface area contributed by atoms with Crippen molar-refractivity contribution in [2.24, 2.45) is 0 Å². The number of benzene rings is 1. The fourth-order valence-electron chi connectivity index (χ4n) is 3.10. The molecule has 0 saturated carbocycles. The number of nitrogens with zero attached hydrogens (tertiary/aromatic N) is 6. The summed E-state index contributed by atoms with van der Waals surface area (Å²) >= 11 is 13.0. The maximum atomic E-state index is 12.8. The van der Waals surface area contributed by atoms with E-state index in [-0.39, 0.29) is 5.95 Å². The number of rotatable bonds is 5. The monoisotopic (exact) mass is 439 g/mol. The van der Waals surface area contributed by atoms with E-state index >= 15 is 0 Å². The molecule has 3 aromatic heterocycles. The molecule has 3 heterocycles. The first-order chi connectivity index (χ1) is 13.2. The van der Waals surface area contributed by atoms with Crippen molar-refractivity contribution in [1.82, 2.24) is 29.6 Å². The SMILES string of the molecule is Nc1nc(CC(S)(S)S)c2c(-c3ccc4nnn(CC(F)F)c4c3)ccn2n1. The molecule has 7 nitrogen and oxygen atoms in total. The Morgan fingerprint density at radius 1 is 1.18 bits per heavy atom. The van der Waals surface area contributed by atoms with E-state index in [2.05, 4.69) is 58.3 Å². The fourth-order valence-corrected chi connectivity index (χ4v) is 3.55. The van der Waals surface area contributed by atoms with Gasteiger partial charge >= 0.3 is 0 Å². The van der Waals surface area contributed by atoms with E-state index in [4.69, 9.17) is 5.73 Å². The molecule has 4 aromatic rings. The standard InChI is InChI=1S/C16H15F2N7S3/c17-13(18)7-25-12-5-8(1-2-10(12)21-23-25)9-3-4-24-14(9)11(6-16(26,27)28)20-15(19)22-24/h1-5,13,26-28H,6-7H2,(H2,19,22). The van der Waals surface area contributed by atoms with E-state index in [9.17, 15) is 8.78 Å². The van der Waals surface area contributed by atoms with E-state index in [0.717, 1.165) is 11.1 Å². The number of thiol groups is 3. The zero-order valence-corrected chi connectivity index (χ0v) is 16.9. The van der Waals surface area contributed by atoms with Crippen LogP contribution in [0.1, 0.15) is 5.69 Å². The third kappa shape index (κ3) is 3.76. The van der Waals surface area contributed by atoms with Gasteiger partial charge < -0.3 is 5.73 Å². The first kappa shape index (κ1) is 19.3. The van der Waals surface area contributed by atoms with Gasteiger partial charge in [-0.1, -0.05) is 11.3 Å². The molecule has 0 amide bonds. The molecular formula is C16H15F2N7S3. The molecule has 0 aliphatic rings. The van der Waals surface area contributed by atoms with E-state index < -0.39 is 16.4 Å². The van der Waals surface area contributed by atoms with Crippen molar-refractivity contribution in [2.45, 2.75) is 22.8 Å². The van der Waals surface area contributed by atoms with Crippen LogP contribution in [0.2, 0.25) is 0 Å². The number of nitrogens with two attached hydrogens (primary N) is 1. The highest BCUT2D eigenvalue weighted by atomic mass is 32.2. The minimum absolute atomic E-state index is 0.110. The number of hydrogen-bond donors (Lipinski definition) is 4. The van der Waals surface area contributed by atoms with Gasteiger partial charge in [0.1, 0.15) is 15.5 Å². The molecule has 4 rings (SSSR count). The van der Waals surface area contributed by atoms with Crippen molar-refractivity contribution in [1.29, 1.82) is 0 Å². The average molecular weight is 440 g/mol. The smallest absolute Gasteiger partial charge is 0.258 e. The molecule has 0 atom stereocenters. The lowest BCUT2D eigenvalue weighted by molar-refractivity contribution is 0.122. The number of halogens is 2. The topological polar surface area (TPSA) is 86.9 Å². The summed E-state index contributed by atoms with van der Waals surface area (Å²) in [5.74, 6) is 0.110. The van der Waals surface area contributed by atoms with Gasteiger partial charge in [0, 0.05) is 18.2 Å². The van der Waals surface area contributed by atoms with E-state index in [1.807, 2.05) is 12.1 Å². The first-order valence-corrected chi connectivity index (χ1v) is 9.48. The molecular weight excluding hydrogens is 424 g/mol. The van der Waals surface area contributed by atoms with Crippen LogP contribution < -0.4 is 5.73 Å². The van der Waals surface area contributed by atoms with Crippen molar-refractivity contribution < 1.29 is 8.78 Å². The van der Waals surface area contributed by atoms with Crippen molar-refractivity contribution in [3.8, 4) is 11.1 Å². The summed E-state index contributed by atoms with van der Waals surface area (Å²) in [6, 6.07) is 7.20. The van der Waals surface area contributed by atoms with Crippen LogP contribution in [0.3, 0.4) is 0 Å². The van der Waals surface area contributed by atoms with Crippen molar-refractivity contribution in [3.63, 3.8) is 0 Å². The van der Waals surface area contributed by atoms with E-state index in [1.165, 1.54) is 4.68 Å². The highest BCUT2D eigenvalue weighted by Gasteiger charge is 2.22. The first-order valence-electron chi connectivity index (χ1n) is 8.14. The molecule has 0 unspecified atom stereocenters. The summed E-state index contributed by atoms with van der Waals surface area (Å²) in [7, 11) is 0. The largest absolute Gasteiger partial charge is 0.367 e. The summed E-state index contributed by atoms with van der Waals surface area (Å²) in [5.41, 5.74) is 9.78. The number of alkyl halides is 2. The molecule has 0 aliphatic carbocycles. The number of nitrogen functional groups attached to an aromatic ring is 1. The Hall–Kier alpha value is -2.05. The Morgan fingerprint density at radius 3 is 2.68 bits per heavy atom. The lowest BCUT2D eigenvalue weighted by Gasteiger charge is -2.16. The lowest BCUT2D eigenvalue weighted by Crippen LogP contribution is -2.13. The molecule has 0 fully saturated rings. The van der Waals surface area contributed by atoms with Crippen molar-refractivity contribution in [3.05, 3.63) is 36.2 Å². The summed E-state index contributed by atoms with van der Waals surface area (Å²) in [5, 5.41) is 11.9. The normalized spacial score (nSPS) is 12.5. The quantitative estimate of drug-likeness (QED) is 0.284. The van der Waals surface area contributed by atoms with Crippen LogP contribution in [0, 0.1) is 0 Å². The van der Waals surface area contributed by atoms with Gasteiger partial charge in [0.15, 0.2) is 0 Å². The molecule has 12 heteroatoms. The summed E-state index contributed by atoms with van der Waals surface area (Å²) in [4.78, 5) is 4.32. The number of anilines is 1. The summed E-state index contributed by atoms with van der Waals surface area (Å²) < 4.78 is 27.5. The lowest BCUT2D eigenvalue weighted by atomic mass is 10.0. The minimum atomic E-state index is -2.53. The zero-order chi connectivity index (χ0) is 20.1. The van der Waals surface area contributed by atoms with Gasteiger partial charge in [-0.3, -0.25) is 0 Å². The molecule has 0 saturated heterocycles. The van der Waals surface area contributed by atoms with E-state index in [1.54, 1.807) is 22.8 Å². The molecule has 0 aliphatic heterocycles. The third-order valence-electron chi connectivity index (χ3n) is 4.14. The summed E-state index contributed by atoms with van der Waals surface area (Å²) in [6.45, 7) is -0.525. The van der Waals surface area contributed by atoms with Crippen molar-refractivity contribution >= 4 is 60.4 Å². The molecule has 146 valence electrons. The second-order valence-electron chi connectivity index (χ2n) is 6.26. The van der Waals surface area contributed by atoms with Crippen LogP contribution in [0.25, 0.3) is 27.7 Å². The Kier molecular flexibility index (Phi) is 4.88. The maximum absolute atomic E-state index is 12.8. The molecule has 0 spiro atoms. The fraction of sp³-hybridized carbons (Fsp3) is 0.250. The predicted molar refractivity (Wildman–Crippen MR) is 113 cm³/mol. The van der Waals surface area contributed by atoms with E-state index in [0.29, 0.717) is 28.7 Å². The Bertz CT molecular complexity index is 1170. The van der Waals surface area contributed by atoms with Crippen molar-refractivity contribution in [2.75, 3.05) is 5.73 Å². The Labute approximate surface area is 174 Å². The van der Waals surface area contributed by atoms with Crippen LogP contribution in [0.5, 0.6) is 0 Å². The number of fused-ring (bicyclic) bond motifs is 2. The Morgan fingerprint density at radius 2 is 1.96 bits per heavy atom. The van der Waals surface area contributed by atoms with Crippen LogP contribution >= 0.6 is 37.9 Å². The maximum Gasteiger partial charge on any atom is 0.258 e. The second kappa shape index (κ2) is 7.08. The molecule has 1 aromatic carbocycles. The highest BCUT2D eigenvalue weighted by molar-refractivity contribution is 8.16. The molecule has 2 N–H and O–H groups in total. The van der Waals surface area contributed by atoms with Crippen LogP contribution in [-0.2, 0) is 13.0 Å². The third-order valence-corrected chi connectivity index (χ3v) is 4.61. The number of hydrogen-bond acceptors (Lipinski definition) is 8. The van der Waals surface area contributed by atoms with Gasteiger partial charge in [-0.25, -0.2) is 23.0 Å². The second-order valence-corrected chi connectivity index (χ2v) is 9.61. The van der Waals surface area contributed by atoms with Gasteiger partial charge in [-0.05, 0) is 23.8 Å². The Balaban J connectivity index is 1.89. The molecule has 0 bridgehead atoms. The molecule has 0 radical (unpaired) electrons. The highest BCUT2D eigenvalue weighted by Crippen LogP contribution is 2.34. The minimum Gasteiger partial charge on any atom is -0.367 e. The van der Waals surface area contributed by atoms with Gasteiger partial charge in [0.05, 0.1) is 16.7 Å². The average Bonchev–Trinajstić information content (AvgIpc) is 3.17. The van der Waals surface area contributed by atoms with Gasteiger partial charge in [-0.15, -0.1) is 10.2 Å². The summed E-state index contributed by atoms with van der Waals surface area (Å²) in [6.07, 6.45) is -0.466. The van der Waals surface area contributed by atoms with Gasteiger partial charge in [-0.2, -0.15) is 37.9 Å². The predicted octanol–water partition coefficient (Wildman–Crippen LogP) is 2.97. The van der Waals surface area contributed by atoms with Crippen LogP contribution in [0.4, 0.5) is 14.7 Å². The van der Waals surface area contributed by atoms with Gasteiger partial charge in [0.25, 0.3) is 6.43 Å². The number of aromatic nitrogens is 6. The molecule has 28 heavy (non-hydrogen) atoms. The van der Waals surface area contributed by atoms with Crippen LogP contribution in [-0.4, -0.2) is 39.4 Å². The van der Waals surface area contributed by atoms with Crippen LogP contribution in [0.15, 0.2) is 30.5 Å². The van der Waals surface area contributed by atoms with Gasteiger partial charge in [0.2, 0.25) is 5.95 Å².